The fourth-order valence-electron chi connectivity index (χ4n) is 3.63. The van der Waals surface area contributed by atoms with Gasteiger partial charge in [0, 0.05) is 18.9 Å². The Morgan fingerprint density at radius 3 is 2.63 bits per heavy atom. The lowest BCUT2D eigenvalue weighted by atomic mass is 10.2. The molecule has 8 nitrogen and oxygen atoms in total. The van der Waals surface area contributed by atoms with Crippen molar-refractivity contribution in [3.63, 3.8) is 0 Å². The van der Waals surface area contributed by atoms with E-state index < -0.39 is 11.2 Å². The number of hydrogen-bond acceptors (Lipinski definition) is 6. The van der Waals surface area contributed by atoms with Crippen molar-refractivity contribution in [3.8, 4) is 0 Å². The molecule has 0 aliphatic heterocycles. The van der Waals surface area contributed by atoms with Gasteiger partial charge in [0.2, 0.25) is 5.91 Å². The van der Waals surface area contributed by atoms with Crippen molar-refractivity contribution in [2.75, 3.05) is 36.6 Å². The molecule has 0 unspecified atom stereocenters. The molecule has 30 heavy (non-hydrogen) atoms. The number of aromatic amines is 1. The van der Waals surface area contributed by atoms with Crippen LogP contribution in [0.1, 0.15) is 31.2 Å². The normalized spacial score (nSPS) is 14.2. The molecule has 9 heteroatoms. The summed E-state index contributed by atoms with van der Waals surface area (Å²) in [5.41, 5.74) is 5.84. The maximum atomic E-state index is 13.0. The third kappa shape index (κ3) is 5.34. The van der Waals surface area contributed by atoms with Gasteiger partial charge in [-0.3, -0.25) is 19.1 Å². The van der Waals surface area contributed by atoms with Crippen LogP contribution < -0.4 is 21.9 Å². The average molecular weight is 433 g/mol. The van der Waals surface area contributed by atoms with Gasteiger partial charge in [0.25, 0.3) is 5.56 Å². The van der Waals surface area contributed by atoms with Gasteiger partial charge in [0.1, 0.15) is 5.82 Å². The molecule has 1 amide bonds. The molecule has 1 aliphatic carbocycles. The van der Waals surface area contributed by atoms with Crippen molar-refractivity contribution in [3.05, 3.63) is 56.7 Å². The summed E-state index contributed by atoms with van der Waals surface area (Å²) >= 11 is 1.62. The van der Waals surface area contributed by atoms with Crippen LogP contribution >= 0.6 is 11.8 Å². The van der Waals surface area contributed by atoms with E-state index in [1.54, 1.807) is 11.8 Å². The standard InChI is InChI=1S/C21H28N4O4S/c1-29-12-11-24(17(26)14-30-16-9-5-6-10-16)18-19(22)25(21(28)23-20(18)27)13-15-7-3-2-4-8-15/h2-4,7-8,16H,5-6,9-14,22H2,1H3,(H,23,27,28). The summed E-state index contributed by atoms with van der Waals surface area (Å²) in [4.78, 5) is 41.7. The molecule has 2 aromatic rings. The summed E-state index contributed by atoms with van der Waals surface area (Å²) in [5.74, 6) is 0.0133. The Kier molecular flexibility index (Phi) is 7.75. The number of methoxy groups -OCH3 is 1. The van der Waals surface area contributed by atoms with Crippen LogP contribution in [0.15, 0.2) is 39.9 Å². The minimum absolute atomic E-state index is 0.000368. The highest BCUT2D eigenvalue weighted by Gasteiger charge is 2.25. The van der Waals surface area contributed by atoms with E-state index in [9.17, 15) is 14.4 Å². The summed E-state index contributed by atoms with van der Waals surface area (Å²) in [5, 5.41) is 0.473. The average Bonchev–Trinajstić information content (AvgIpc) is 3.26. The van der Waals surface area contributed by atoms with Crippen LogP contribution in [0.25, 0.3) is 0 Å². The molecule has 1 saturated carbocycles. The number of carbonyl (C=O) groups excluding carboxylic acids is 1. The second-order valence-corrected chi connectivity index (χ2v) is 8.61. The zero-order valence-electron chi connectivity index (χ0n) is 17.1. The molecular formula is C21H28N4O4S. The van der Waals surface area contributed by atoms with Crippen molar-refractivity contribution in [1.29, 1.82) is 0 Å². The number of benzene rings is 1. The summed E-state index contributed by atoms with van der Waals surface area (Å²) in [6, 6.07) is 9.32. The molecule has 0 radical (unpaired) electrons. The number of carbonyl (C=O) groups is 1. The van der Waals surface area contributed by atoms with Gasteiger partial charge >= 0.3 is 5.69 Å². The number of nitrogens with two attached hydrogens (primary N) is 1. The zero-order valence-corrected chi connectivity index (χ0v) is 18.0. The van der Waals surface area contributed by atoms with Gasteiger partial charge in [-0.15, -0.1) is 11.8 Å². The van der Waals surface area contributed by atoms with Crippen LogP contribution in [0.4, 0.5) is 11.5 Å². The van der Waals surface area contributed by atoms with Crippen LogP contribution in [0.2, 0.25) is 0 Å². The van der Waals surface area contributed by atoms with Crippen molar-refractivity contribution in [1.82, 2.24) is 9.55 Å². The van der Waals surface area contributed by atoms with Gasteiger partial charge in [-0.1, -0.05) is 43.2 Å². The smallest absolute Gasteiger partial charge is 0.330 e. The largest absolute Gasteiger partial charge is 0.383 e. The first-order valence-corrected chi connectivity index (χ1v) is 11.1. The minimum Gasteiger partial charge on any atom is -0.383 e. The van der Waals surface area contributed by atoms with E-state index in [-0.39, 0.29) is 42.9 Å². The Bertz CT molecular complexity index is 967. The minimum atomic E-state index is -0.669. The number of nitrogens with zero attached hydrogens (tertiary/aromatic N) is 2. The van der Waals surface area contributed by atoms with Gasteiger partial charge in [0.05, 0.1) is 18.9 Å². The molecule has 0 bridgehead atoms. The van der Waals surface area contributed by atoms with E-state index in [1.807, 2.05) is 30.3 Å². The first kappa shape index (κ1) is 22.2. The van der Waals surface area contributed by atoms with E-state index in [1.165, 1.54) is 29.4 Å². The quantitative estimate of drug-likeness (QED) is 0.625. The van der Waals surface area contributed by atoms with Gasteiger partial charge in [-0.2, -0.15) is 0 Å². The SMILES string of the molecule is COCCN(C(=O)CSC1CCCC1)c1c(N)n(Cc2ccccc2)c(=O)[nH]c1=O. The predicted molar refractivity (Wildman–Crippen MR) is 120 cm³/mol. The number of H-pyrrole nitrogens is 1. The van der Waals surface area contributed by atoms with Gasteiger partial charge in [-0.25, -0.2) is 4.79 Å². The number of anilines is 2. The van der Waals surface area contributed by atoms with Gasteiger partial charge in [-0.05, 0) is 18.4 Å². The van der Waals surface area contributed by atoms with Crippen LogP contribution in [-0.4, -0.2) is 46.7 Å². The molecule has 1 aromatic carbocycles. The number of nitrogens with one attached hydrogen (secondary N) is 1. The lowest BCUT2D eigenvalue weighted by Crippen LogP contribution is -2.43. The highest BCUT2D eigenvalue weighted by atomic mass is 32.2. The fourth-order valence-corrected chi connectivity index (χ4v) is 4.83. The molecule has 3 rings (SSSR count). The van der Waals surface area contributed by atoms with Crippen molar-refractivity contribution in [2.45, 2.75) is 37.5 Å². The number of nitrogen functional groups attached to an aromatic ring is 1. The second-order valence-electron chi connectivity index (χ2n) is 7.32. The Morgan fingerprint density at radius 1 is 1.27 bits per heavy atom. The maximum absolute atomic E-state index is 13.0. The van der Waals surface area contributed by atoms with Crippen molar-refractivity contribution >= 4 is 29.2 Å². The molecule has 1 heterocycles. The van der Waals surface area contributed by atoms with E-state index >= 15 is 0 Å². The topological polar surface area (TPSA) is 110 Å². The molecule has 0 atom stereocenters. The maximum Gasteiger partial charge on any atom is 0.330 e. The van der Waals surface area contributed by atoms with E-state index in [0.717, 1.165) is 18.4 Å². The van der Waals surface area contributed by atoms with E-state index in [0.29, 0.717) is 5.25 Å². The monoisotopic (exact) mass is 432 g/mol. The highest BCUT2D eigenvalue weighted by Crippen LogP contribution is 2.30. The Hall–Kier alpha value is -2.52. The number of amides is 1. The van der Waals surface area contributed by atoms with Crippen molar-refractivity contribution < 1.29 is 9.53 Å². The zero-order chi connectivity index (χ0) is 21.5. The van der Waals surface area contributed by atoms with E-state index in [2.05, 4.69) is 4.98 Å². The van der Waals surface area contributed by atoms with Gasteiger partial charge < -0.3 is 15.4 Å². The van der Waals surface area contributed by atoms with Crippen LogP contribution in [0, 0.1) is 0 Å². The third-order valence-electron chi connectivity index (χ3n) is 5.23. The van der Waals surface area contributed by atoms with E-state index in [4.69, 9.17) is 10.5 Å². The first-order valence-electron chi connectivity index (χ1n) is 10.1. The van der Waals surface area contributed by atoms with Crippen LogP contribution in [-0.2, 0) is 16.1 Å². The molecule has 162 valence electrons. The number of rotatable bonds is 9. The molecule has 1 fully saturated rings. The summed E-state index contributed by atoms with van der Waals surface area (Å²) < 4.78 is 6.41. The predicted octanol–water partition coefficient (Wildman–Crippen LogP) is 1.82. The Labute approximate surface area is 179 Å². The summed E-state index contributed by atoms with van der Waals surface area (Å²) in [7, 11) is 1.53. The van der Waals surface area contributed by atoms with Crippen LogP contribution in [0.5, 0.6) is 0 Å². The lowest BCUT2D eigenvalue weighted by molar-refractivity contribution is -0.116. The molecular weight excluding hydrogens is 404 g/mol. The van der Waals surface area contributed by atoms with Gasteiger partial charge in [0.15, 0.2) is 5.69 Å². The Morgan fingerprint density at radius 2 is 1.97 bits per heavy atom. The highest BCUT2D eigenvalue weighted by molar-refractivity contribution is 8.00. The number of hydrogen-bond donors (Lipinski definition) is 2. The molecule has 1 aromatic heterocycles. The fraction of sp³-hybridized carbons (Fsp3) is 0.476. The summed E-state index contributed by atoms with van der Waals surface area (Å²) in [6.45, 7) is 0.617. The number of aromatic nitrogens is 2. The molecule has 0 spiro atoms. The molecule has 3 N–H and O–H groups in total. The molecule has 1 aliphatic rings. The van der Waals surface area contributed by atoms with Crippen LogP contribution in [0.3, 0.4) is 0 Å². The Balaban J connectivity index is 1.91. The van der Waals surface area contributed by atoms with Crippen molar-refractivity contribution in [2.24, 2.45) is 0 Å². The number of ether oxygens (including phenoxy) is 1. The lowest BCUT2D eigenvalue weighted by Gasteiger charge is -2.24. The summed E-state index contributed by atoms with van der Waals surface area (Å²) in [6.07, 6.45) is 4.61. The third-order valence-corrected chi connectivity index (χ3v) is 6.59. The molecule has 0 saturated heterocycles. The second kappa shape index (κ2) is 10.5. The first-order chi connectivity index (χ1) is 14.5. The number of thioether (sulfide) groups is 1.